The topological polar surface area (TPSA) is 79.3 Å². The second-order valence-corrected chi connectivity index (χ2v) is 3.33. The van der Waals surface area contributed by atoms with E-state index in [2.05, 4.69) is 10.3 Å². The lowest BCUT2D eigenvalue weighted by Gasteiger charge is -2.08. The van der Waals surface area contributed by atoms with Gasteiger partial charge in [-0.15, -0.1) is 0 Å². The van der Waals surface area contributed by atoms with Crippen LogP contribution in [0.25, 0.3) is 0 Å². The summed E-state index contributed by atoms with van der Waals surface area (Å²) in [7, 11) is 0. The average Bonchev–Trinajstić information content (AvgIpc) is 2.18. The van der Waals surface area contributed by atoms with Crippen LogP contribution in [-0.2, 0) is 4.79 Å². The summed E-state index contributed by atoms with van der Waals surface area (Å²) in [5, 5.41) is 11.3. The van der Waals surface area contributed by atoms with Gasteiger partial charge in [0.1, 0.15) is 11.7 Å². The fraction of sp³-hybridized carbons (Fsp3) is 0.222. The Morgan fingerprint density at radius 3 is 2.67 bits per heavy atom. The number of halogens is 1. The molecule has 2 N–H and O–H groups in total. The van der Waals surface area contributed by atoms with Gasteiger partial charge in [-0.3, -0.25) is 9.59 Å². The first-order valence-corrected chi connectivity index (χ1v) is 4.53. The van der Waals surface area contributed by atoms with Crippen LogP contribution in [0.4, 0.5) is 0 Å². The van der Waals surface area contributed by atoms with E-state index in [9.17, 15) is 9.59 Å². The highest BCUT2D eigenvalue weighted by Gasteiger charge is 2.15. The van der Waals surface area contributed by atoms with Crippen molar-refractivity contribution in [2.24, 2.45) is 0 Å². The van der Waals surface area contributed by atoms with Crippen molar-refractivity contribution in [2.75, 3.05) is 0 Å². The summed E-state index contributed by atoms with van der Waals surface area (Å²) in [5.74, 6) is -1.64. The third-order valence-electron chi connectivity index (χ3n) is 1.68. The molecule has 0 radical (unpaired) electrons. The molecule has 0 saturated carbocycles. The molecule has 6 heteroatoms. The lowest BCUT2D eigenvalue weighted by atomic mass is 10.3. The molecule has 80 valence electrons. The first kappa shape index (κ1) is 11.5. The Kier molecular flexibility index (Phi) is 3.62. The van der Waals surface area contributed by atoms with E-state index in [-0.39, 0.29) is 5.69 Å². The van der Waals surface area contributed by atoms with Crippen LogP contribution in [0.3, 0.4) is 0 Å². The number of rotatable bonds is 3. The van der Waals surface area contributed by atoms with Crippen LogP contribution in [0.1, 0.15) is 17.4 Å². The summed E-state index contributed by atoms with van der Waals surface area (Å²) in [6, 6.07) is 1.98. The molecule has 0 aromatic carbocycles. The number of pyridine rings is 1. The molecule has 1 rings (SSSR count). The lowest BCUT2D eigenvalue weighted by Crippen LogP contribution is -2.38. The van der Waals surface area contributed by atoms with Crippen LogP contribution in [0.2, 0.25) is 5.02 Å². The number of hydrogen-bond donors (Lipinski definition) is 2. The number of amides is 1. The van der Waals surface area contributed by atoms with Gasteiger partial charge in [-0.05, 0) is 19.1 Å². The predicted molar refractivity (Wildman–Crippen MR) is 53.8 cm³/mol. The molecule has 0 aliphatic rings. The van der Waals surface area contributed by atoms with Gasteiger partial charge in [-0.25, -0.2) is 4.98 Å². The van der Waals surface area contributed by atoms with Crippen molar-refractivity contribution >= 4 is 23.5 Å². The first-order valence-electron chi connectivity index (χ1n) is 4.16. The van der Waals surface area contributed by atoms with Gasteiger partial charge in [-0.2, -0.15) is 0 Å². The number of nitrogens with zero attached hydrogens (tertiary/aromatic N) is 1. The molecule has 1 amide bonds. The summed E-state index contributed by atoms with van der Waals surface area (Å²) >= 11 is 5.58. The highest BCUT2D eigenvalue weighted by atomic mass is 35.5. The van der Waals surface area contributed by atoms with Gasteiger partial charge in [0, 0.05) is 6.20 Å². The fourth-order valence-electron chi connectivity index (χ4n) is 0.842. The molecule has 0 bridgehead atoms. The highest BCUT2D eigenvalue weighted by molar-refractivity contribution is 6.30. The molecule has 0 aliphatic heterocycles. The normalized spacial score (nSPS) is 11.9. The number of carboxylic acid groups (broad SMARTS) is 1. The molecule has 1 atom stereocenters. The molecule has 1 heterocycles. The van der Waals surface area contributed by atoms with Gasteiger partial charge >= 0.3 is 5.97 Å². The van der Waals surface area contributed by atoms with E-state index in [0.29, 0.717) is 5.02 Å². The fourth-order valence-corrected chi connectivity index (χ4v) is 0.954. The van der Waals surface area contributed by atoms with E-state index in [4.69, 9.17) is 16.7 Å². The van der Waals surface area contributed by atoms with E-state index >= 15 is 0 Å². The average molecular weight is 229 g/mol. The van der Waals surface area contributed by atoms with Crippen molar-refractivity contribution in [1.82, 2.24) is 10.3 Å². The molecule has 1 aromatic rings. The maximum Gasteiger partial charge on any atom is 0.325 e. The number of nitrogens with one attached hydrogen (secondary N) is 1. The second-order valence-electron chi connectivity index (χ2n) is 2.90. The van der Waals surface area contributed by atoms with E-state index in [1.165, 1.54) is 25.3 Å². The van der Waals surface area contributed by atoms with Crippen LogP contribution in [0.15, 0.2) is 18.3 Å². The number of aliphatic carboxylic acids is 1. The van der Waals surface area contributed by atoms with Crippen molar-refractivity contribution in [3.8, 4) is 0 Å². The maximum atomic E-state index is 11.4. The van der Waals surface area contributed by atoms with E-state index in [1.54, 1.807) is 0 Å². The van der Waals surface area contributed by atoms with Gasteiger partial charge in [0.05, 0.1) is 5.02 Å². The summed E-state index contributed by atoms with van der Waals surface area (Å²) < 4.78 is 0. The summed E-state index contributed by atoms with van der Waals surface area (Å²) in [5.41, 5.74) is 0.132. The second kappa shape index (κ2) is 4.75. The zero-order valence-corrected chi connectivity index (χ0v) is 8.65. The minimum atomic E-state index is -1.10. The summed E-state index contributed by atoms with van der Waals surface area (Å²) in [6.07, 6.45) is 1.32. The summed E-state index contributed by atoms with van der Waals surface area (Å²) in [6.45, 7) is 1.37. The molecular formula is C9H9ClN2O3. The monoisotopic (exact) mass is 228 g/mol. The minimum Gasteiger partial charge on any atom is -0.480 e. The zero-order chi connectivity index (χ0) is 11.4. The van der Waals surface area contributed by atoms with Crippen LogP contribution in [0.5, 0.6) is 0 Å². The van der Waals surface area contributed by atoms with Gasteiger partial charge in [0.15, 0.2) is 0 Å². The molecule has 5 nitrogen and oxygen atoms in total. The van der Waals surface area contributed by atoms with E-state index in [1.807, 2.05) is 0 Å². The van der Waals surface area contributed by atoms with Gasteiger partial charge in [-0.1, -0.05) is 11.6 Å². The molecule has 0 aliphatic carbocycles. The van der Waals surface area contributed by atoms with Crippen molar-refractivity contribution in [3.05, 3.63) is 29.0 Å². The molecule has 0 spiro atoms. The molecule has 0 saturated heterocycles. The Morgan fingerprint density at radius 2 is 2.20 bits per heavy atom. The Labute approximate surface area is 91.1 Å². The summed E-state index contributed by atoms with van der Waals surface area (Å²) in [4.78, 5) is 25.6. The first-order chi connectivity index (χ1) is 7.00. The van der Waals surface area contributed by atoms with Crippen molar-refractivity contribution in [3.63, 3.8) is 0 Å². The SMILES string of the molecule is C[C@H](NC(=O)c1ccc(Cl)cn1)C(=O)O. The van der Waals surface area contributed by atoms with Crippen molar-refractivity contribution in [1.29, 1.82) is 0 Å². The third kappa shape index (κ3) is 3.21. The van der Waals surface area contributed by atoms with Crippen LogP contribution in [-0.4, -0.2) is 28.0 Å². The Morgan fingerprint density at radius 1 is 1.53 bits per heavy atom. The van der Waals surface area contributed by atoms with Crippen LogP contribution in [0, 0.1) is 0 Å². The molecular weight excluding hydrogens is 220 g/mol. The number of aromatic nitrogens is 1. The largest absolute Gasteiger partial charge is 0.480 e. The predicted octanol–water partition coefficient (Wildman–Crippen LogP) is 0.938. The molecule has 1 aromatic heterocycles. The van der Waals surface area contributed by atoms with Crippen LogP contribution < -0.4 is 5.32 Å². The minimum absolute atomic E-state index is 0.132. The van der Waals surface area contributed by atoms with E-state index in [0.717, 1.165) is 0 Å². The van der Waals surface area contributed by atoms with E-state index < -0.39 is 17.9 Å². The molecule has 15 heavy (non-hydrogen) atoms. The Balaban J connectivity index is 2.69. The highest BCUT2D eigenvalue weighted by Crippen LogP contribution is 2.06. The number of hydrogen-bond acceptors (Lipinski definition) is 3. The molecule has 0 fully saturated rings. The number of carbonyl (C=O) groups is 2. The van der Waals surface area contributed by atoms with Crippen molar-refractivity contribution < 1.29 is 14.7 Å². The maximum absolute atomic E-state index is 11.4. The quantitative estimate of drug-likeness (QED) is 0.807. The van der Waals surface area contributed by atoms with Gasteiger partial charge in [0.25, 0.3) is 5.91 Å². The molecule has 0 unspecified atom stereocenters. The van der Waals surface area contributed by atoms with Crippen LogP contribution >= 0.6 is 11.6 Å². The Bertz CT molecular complexity index is 377. The lowest BCUT2D eigenvalue weighted by molar-refractivity contribution is -0.138. The zero-order valence-electron chi connectivity index (χ0n) is 7.90. The third-order valence-corrected chi connectivity index (χ3v) is 1.90. The Hall–Kier alpha value is -1.62. The van der Waals surface area contributed by atoms with Gasteiger partial charge in [0.2, 0.25) is 0 Å². The number of carboxylic acids is 1. The standard InChI is InChI=1S/C9H9ClN2O3/c1-5(9(14)15)12-8(13)7-3-2-6(10)4-11-7/h2-5H,1H3,(H,12,13)(H,14,15)/t5-/m0/s1. The smallest absolute Gasteiger partial charge is 0.325 e. The van der Waals surface area contributed by atoms with Gasteiger partial charge < -0.3 is 10.4 Å². The van der Waals surface area contributed by atoms with Crippen molar-refractivity contribution in [2.45, 2.75) is 13.0 Å². The number of carbonyl (C=O) groups excluding carboxylic acids is 1.